The first-order chi connectivity index (χ1) is 10.1. The van der Waals surface area contributed by atoms with Gasteiger partial charge in [0.15, 0.2) is 11.5 Å². The van der Waals surface area contributed by atoms with E-state index in [4.69, 9.17) is 9.47 Å². The molecule has 0 saturated carbocycles. The number of hydrogen-bond acceptors (Lipinski definition) is 4. The van der Waals surface area contributed by atoms with Crippen molar-refractivity contribution in [3.63, 3.8) is 0 Å². The Morgan fingerprint density at radius 2 is 2.00 bits per heavy atom. The van der Waals surface area contributed by atoms with Crippen molar-refractivity contribution >= 4 is 17.6 Å². The van der Waals surface area contributed by atoms with Crippen molar-refractivity contribution in [2.24, 2.45) is 0 Å². The van der Waals surface area contributed by atoms with Gasteiger partial charge < -0.3 is 25.0 Å². The lowest BCUT2D eigenvalue weighted by Crippen LogP contribution is -2.41. The van der Waals surface area contributed by atoms with E-state index in [-0.39, 0.29) is 24.4 Å². The summed E-state index contributed by atoms with van der Waals surface area (Å²) in [6, 6.07) is 4.80. The molecule has 0 aliphatic carbocycles. The van der Waals surface area contributed by atoms with Crippen LogP contribution in [0.4, 0.5) is 10.5 Å². The number of carbonyl (C=O) groups excluding carboxylic acids is 2. The Hall–Kier alpha value is -2.44. The first kappa shape index (κ1) is 15.0. The highest BCUT2D eigenvalue weighted by Gasteiger charge is 2.31. The number of nitrogens with one attached hydrogen (secondary N) is 2. The molecule has 2 N–H and O–H groups in total. The van der Waals surface area contributed by atoms with Crippen LogP contribution in [0.1, 0.15) is 6.42 Å². The molecule has 0 aromatic heterocycles. The number of methoxy groups -OCH3 is 2. The number of benzene rings is 1. The van der Waals surface area contributed by atoms with Crippen LogP contribution >= 0.6 is 0 Å². The summed E-state index contributed by atoms with van der Waals surface area (Å²) in [5.41, 5.74) is 0.721. The number of hydrogen-bond donors (Lipinski definition) is 2. The molecule has 1 fully saturated rings. The molecule has 0 spiro atoms. The molecule has 7 heteroatoms. The van der Waals surface area contributed by atoms with Gasteiger partial charge in [0.1, 0.15) is 0 Å². The van der Waals surface area contributed by atoms with E-state index in [0.29, 0.717) is 18.0 Å². The third-order valence-corrected chi connectivity index (χ3v) is 3.37. The maximum atomic E-state index is 12.1. The smallest absolute Gasteiger partial charge is 0.314 e. The molecule has 114 valence electrons. The number of rotatable bonds is 4. The monoisotopic (exact) mass is 293 g/mol. The minimum atomic E-state index is -0.290. The molecule has 2 rings (SSSR count). The molecule has 0 unspecified atom stereocenters. The molecule has 1 heterocycles. The fourth-order valence-corrected chi connectivity index (χ4v) is 2.30. The average molecular weight is 293 g/mol. The lowest BCUT2D eigenvalue weighted by atomic mass is 10.2. The Kier molecular flexibility index (Phi) is 4.52. The zero-order valence-electron chi connectivity index (χ0n) is 12.3. The van der Waals surface area contributed by atoms with Gasteiger partial charge in [-0.1, -0.05) is 0 Å². The van der Waals surface area contributed by atoms with Gasteiger partial charge in [-0.3, -0.25) is 4.79 Å². The van der Waals surface area contributed by atoms with Crippen molar-refractivity contribution in [1.29, 1.82) is 0 Å². The summed E-state index contributed by atoms with van der Waals surface area (Å²) in [5.74, 6) is 1.13. The fraction of sp³-hybridized carbons (Fsp3) is 0.429. The minimum Gasteiger partial charge on any atom is -0.493 e. The van der Waals surface area contributed by atoms with Gasteiger partial charge >= 0.3 is 6.03 Å². The van der Waals surface area contributed by atoms with Crippen LogP contribution < -0.4 is 25.0 Å². The summed E-state index contributed by atoms with van der Waals surface area (Å²) in [4.78, 5) is 25.0. The van der Waals surface area contributed by atoms with E-state index in [0.717, 1.165) is 5.69 Å². The average Bonchev–Trinajstić information content (AvgIpc) is 2.86. The predicted molar refractivity (Wildman–Crippen MR) is 77.9 cm³/mol. The standard InChI is InChI=1S/C14H19N3O4/c1-15-14(19)16-9-6-13(18)17(8-9)10-4-5-11(20-2)12(7-10)21-3/h4-5,7,9H,6,8H2,1-3H3,(H2,15,16,19)/t9-/m1/s1. The van der Waals surface area contributed by atoms with Gasteiger partial charge in [0.2, 0.25) is 5.91 Å². The SMILES string of the molecule is CNC(=O)N[C@@H]1CC(=O)N(c2ccc(OC)c(OC)c2)C1. The zero-order chi connectivity index (χ0) is 15.4. The lowest BCUT2D eigenvalue weighted by Gasteiger charge is -2.19. The molecular formula is C14H19N3O4. The van der Waals surface area contributed by atoms with Gasteiger partial charge in [-0.15, -0.1) is 0 Å². The second-order valence-corrected chi connectivity index (χ2v) is 4.67. The van der Waals surface area contributed by atoms with E-state index in [1.165, 1.54) is 7.05 Å². The highest BCUT2D eigenvalue weighted by molar-refractivity contribution is 5.97. The summed E-state index contributed by atoms with van der Waals surface area (Å²) in [7, 11) is 4.64. The molecule has 1 aliphatic heterocycles. The number of ether oxygens (including phenoxy) is 2. The molecule has 3 amide bonds. The molecular weight excluding hydrogens is 274 g/mol. The molecule has 0 bridgehead atoms. The number of carbonyl (C=O) groups is 2. The molecule has 1 saturated heterocycles. The van der Waals surface area contributed by atoms with E-state index in [9.17, 15) is 9.59 Å². The van der Waals surface area contributed by atoms with Gasteiger partial charge in [0.25, 0.3) is 0 Å². The Balaban J connectivity index is 2.15. The van der Waals surface area contributed by atoms with Gasteiger partial charge in [-0.25, -0.2) is 4.79 Å². The number of amides is 3. The van der Waals surface area contributed by atoms with Gasteiger partial charge in [0, 0.05) is 31.8 Å². The first-order valence-corrected chi connectivity index (χ1v) is 6.59. The molecule has 1 aromatic carbocycles. The molecule has 1 aromatic rings. The minimum absolute atomic E-state index is 0.0383. The Labute approximate surface area is 123 Å². The van der Waals surface area contributed by atoms with Crippen LogP contribution in [-0.2, 0) is 4.79 Å². The van der Waals surface area contributed by atoms with Crippen molar-refractivity contribution < 1.29 is 19.1 Å². The van der Waals surface area contributed by atoms with Crippen LogP contribution in [-0.4, -0.2) is 45.8 Å². The van der Waals surface area contributed by atoms with Crippen LogP contribution in [0.15, 0.2) is 18.2 Å². The topological polar surface area (TPSA) is 79.9 Å². The molecule has 1 atom stereocenters. The molecule has 0 radical (unpaired) electrons. The van der Waals surface area contributed by atoms with E-state index < -0.39 is 0 Å². The van der Waals surface area contributed by atoms with E-state index >= 15 is 0 Å². The van der Waals surface area contributed by atoms with Gasteiger partial charge in [-0.05, 0) is 12.1 Å². The summed E-state index contributed by atoms with van der Waals surface area (Å²) in [6.07, 6.45) is 0.280. The third kappa shape index (κ3) is 3.18. The van der Waals surface area contributed by atoms with Crippen molar-refractivity contribution in [1.82, 2.24) is 10.6 Å². The first-order valence-electron chi connectivity index (χ1n) is 6.59. The van der Waals surface area contributed by atoms with Crippen molar-refractivity contribution in [2.75, 3.05) is 32.7 Å². The number of anilines is 1. The zero-order valence-corrected chi connectivity index (χ0v) is 12.3. The van der Waals surface area contributed by atoms with Gasteiger partial charge in [-0.2, -0.15) is 0 Å². The Bertz CT molecular complexity index is 547. The van der Waals surface area contributed by atoms with Crippen molar-refractivity contribution in [3.8, 4) is 11.5 Å². The number of nitrogens with zero attached hydrogens (tertiary/aromatic N) is 1. The quantitative estimate of drug-likeness (QED) is 0.858. The predicted octanol–water partition coefficient (Wildman–Crippen LogP) is 0.738. The largest absolute Gasteiger partial charge is 0.493 e. The van der Waals surface area contributed by atoms with Crippen LogP contribution in [0.25, 0.3) is 0 Å². The maximum absolute atomic E-state index is 12.1. The van der Waals surface area contributed by atoms with E-state index in [1.54, 1.807) is 37.3 Å². The molecule has 1 aliphatic rings. The molecule has 7 nitrogen and oxygen atoms in total. The highest BCUT2D eigenvalue weighted by Crippen LogP contribution is 2.33. The van der Waals surface area contributed by atoms with Gasteiger partial charge in [0.05, 0.1) is 20.3 Å². The van der Waals surface area contributed by atoms with Crippen molar-refractivity contribution in [3.05, 3.63) is 18.2 Å². The summed E-state index contributed by atoms with van der Waals surface area (Å²) in [6.45, 7) is 0.432. The lowest BCUT2D eigenvalue weighted by molar-refractivity contribution is -0.117. The highest BCUT2D eigenvalue weighted by atomic mass is 16.5. The van der Waals surface area contributed by atoms with Crippen LogP contribution in [0, 0.1) is 0 Å². The summed E-state index contributed by atoms with van der Waals surface area (Å²) < 4.78 is 10.4. The fourth-order valence-electron chi connectivity index (χ4n) is 2.30. The normalized spacial score (nSPS) is 17.6. The van der Waals surface area contributed by atoms with E-state index in [1.807, 2.05) is 0 Å². The molecule has 21 heavy (non-hydrogen) atoms. The Morgan fingerprint density at radius 1 is 1.29 bits per heavy atom. The van der Waals surface area contributed by atoms with E-state index in [2.05, 4.69) is 10.6 Å². The Morgan fingerprint density at radius 3 is 2.62 bits per heavy atom. The van der Waals surface area contributed by atoms with Crippen LogP contribution in [0.2, 0.25) is 0 Å². The van der Waals surface area contributed by atoms with Crippen LogP contribution in [0.3, 0.4) is 0 Å². The summed E-state index contributed by atoms with van der Waals surface area (Å²) in [5, 5.41) is 5.22. The number of urea groups is 1. The van der Waals surface area contributed by atoms with Crippen LogP contribution in [0.5, 0.6) is 11.5 Å². The second kappa shape index (κ2) is 6.34. The van der Waals surface area contributed by atoms with Crippen molar-refractivity contribution in [2.45, 2.75) is 12.5 Å². The third-order valence-electron chi connectivity index (χ3n) is 3.37. The maximum Gasteiger partial charge on any atom is 0.314 e. The summed E-state index contributed by atoms with van der Waals surface area (Å²) >= 11 is 0. The second-order valence-electron chi connectivity index (χ2n) is 4.67.